The molecule has 0 bridgehead atoms. The Balaban J connectivity index is 2.27. The van der Waals surface area contributed by atoms with Gasteiger partial charge in [0.05, 0.1) is 6.08 Å². The Labute approximate surface area is 112 Å². The molecule has 0 atom stereocenters. The monoisotopic (exact) mass is 282 g/mol. The zero-order valence-corrected chi connectivity index (χ0v) is 10.4. The molecule has 104 valence electrons. The largest absolute Gasteiger partial charge is 0.412 e. The van der Waals surface area contributed by atoms with Crippen LogP contribution in [0.4, 0.5) is 17.6 Å². The fraction of sp³-hybridized carbons (Fsp3) is 0.143. The van der Waals surface area contributed by atoms with Gasteiger partial charge in [0.15, 0.2) is 5.82 Å². The second-order valence-electron chi connectivity index (χ2n) is 4.20. The van der Waals surface area contributed by atoms with Crippen LogP contribution in [0.5, 0.6) is 0 Å². The number of halogens is 4. The summed E-state index contributed by atoms with van der Waals surface area (Å²) < 4.78 is 49.4. The van der Waals surface area contributed by atoms with Crippen molar-refractivity contribution in [2.45, 2.75) is 13.1 Å². The van der Waals surface area contributed by atoms with Gasteiger partial charge in [-0.2, -0.15) is 13.2 Å². The molecule has 0 aliphatic rings. The molecule has 0 N–H and O–H groups in total. The summed E-state index contributed by atoms with van der Waals surface area (Å²) in [6, 6.07) is 5.47. The van der Waals surface area contributed by atoms with Gasteiger partial charge in [-0.15, -0.1) is 0 Å². The summed E-state index contributed by atoms with van der Waals surface area (Å²) in [5.74, 6) is -0.892. The third-order valence-electron chi connectivity index (χ3n) is 2.49. The molecular formula is C14H10F4N2. The van der Waals surface area contributed by atoms with Gasteiger partial charge in [-0.25, -0.2) is 14.4 Å². The number of nitrogens with zero attached hydrogens (tertiary/aromatic N) is 2. The molecule has 0 spiro atoms. The van der Waals surface area contributed by atoms with Crippen LogP contribution < -0.4 is 0 Å². The molecule has 1 aromatic carbocycles. The van der Waals surface area contributed by atoms with E-state index < -0.39 is 12.0 Å². The van der Waals surface area contributed by atoms with Crippen LogP contribution in [0.3, 0.4) is 0 Å². The minimum atomic E-state index is -4.68. The number of allylic oxidation sites excluding steroid dienone is 1. The normalized spacial score (nSPS) is 12.6. The first kappa shape index (κ1) is 14.2. The molecule has 0 amide bonds. The van der Waals surface area contributed by atoms with Crippen LogP contribution in [0.2, 0.25) is 0 Å². The summed E-state index contributed by atoms with van der Waals surface area (Å²) >= 11 is 0. The Morgan fingerprint density at radius 2 is 1.60 bits per heavy atom. The maximum Gasteiger partial charge on any atom is 0.412 e. The molecule has 0 unspecified atom stereocenters. The third-order valence-corrected chi connectivity index (χ3v) is 2.49. The van der Waals surface area contributed by atoms with Crippen molar-refractivity contribution in [3.8, 4) is 11.4 Å². The summed E-state index contributed by atoms with van der Waals surface area (Å²) in [7, 11) is 0. The smallest absolute Gasteiger partial charge is 0.236 e. The van der Waals surface area contributed by atoms with E-state index in [1.165, 1.54) is 24.3 Å². The minimum Gasteiger partial charge on any atom is -0.236 e. The highest BCUT2D eigenvalue weighted by molar-refractivity contribution is 5.64. The predicted octanol–water partition coefficient (Wildman–Crippen LogP) is 4.32. The fourth-order valence-electron chi connectivity index (χ4n) is 1.55. The van der Waals surface area contributed by atoms with Crippen LogP contribution in [0.1, 0.15) is 11.1 Å². The first-order chi connectivity index (χ1) is 9.35. The highest BCUT2D eigenvalue weighted by atomic mass is 19.4. The number of alkyl halides is 3. The number of hydrogen-bond acceptors (Lipinski definition) is 2. The van der Waals surface area contributed by atoms with Crippen molar-refractivity contribution in [3.05, 3.63) is 53.9 Å². The lowest BCUT2D eigenvalue weighted by Crippen LogP contribution is -2.01. The van der Waals surface area contributed by atoms with E-state index in [1.54, 1.807) is 12.4 Å². The zero-order valence-electron chi connectivity index (χ0n) is 10.4. The number of aromatic nitrogens is 2. The van der Waals surface area contributed by atoms with Gasteiger partial charge in [0.2, 0.25) is 0 Å². The molecule has 0 aliphatic heterocycles. The summed E-state index contributed by atoms with van der Waals surface area (Å²) in [5, 5.41) is 0. The van der Waals surface area contributed by atoms with Gasteiger partial charge in [0.25, 0.3) is 0 Å². The number of rotatable bonds is 2. The van der Waals surface area contributed by atoms with Crippen molar-refractivity contribution in [1.29, 1.82) is 0 Å². The van der Waals surface area contributed by atoms with Gasteiger partial charge in [-0.05, 0) is 12.5 Å². The molecule has 20 heavy (non-hydrogen) atoms. The van der Waals surface area contributed by atoms with Crippen molar-refractivity contribution in [2.24, 2.45) is 0 Å². The molecule has 2 nitrogen and oxygen atoms in total. The Morgan fingerprint density at radius 3 is 2.10 bits per heavy atom. The quantitative estimate of drug-likeness (QED) is 0.766. The van der Waals surface area contributed by atoms with Crippen LogP contribution in [-0.2, 0) is 0 Å². The lowest BCUT2D eigenvalue weighted by molar-refractivity contribution is -0.0798. The SMILES string of the molecule is Cc1cnc(-c2ccc(/C(F)=C/C(F)(F)F)cc2)nc1. The third kappa shape index (κ3) is 3.63. The van der Waals surface area contributed by atoms with Crippen LogP contribution in [-0.4, -0.2) is 16.1 Å². The van der Waals surface area contributed by atoms with E-state index in [1.807, 2.05) is 6.92 Å². The van der Waals surface area contributed by atoms with Gasteiger partial charge in [-0.3, -0.25) is 0 Å². The molecule has 0 saturated carbocycles. The Kier molecular flexibility index (Phi) is 3.83. The molecule has 0 aliphatic carbocycles. The average molecular weight is 282 g/mol. The Hall–Kier alpha value is -2.24. The van der Waals surface area contributed by atoms with Gasteiger partial charge in [0, 0.05) is 23.5 Å². The maximum atomic E-state index is 13.3. The van der Waals surface area contributed by atoms with Crippen LogP contribution >= 0.6 is 0 Å². The lowest BCUT2D eigenvalue weighted by Gasteiger charge is -2.04. The van der Waals surface area contributed by atoms with Crippen molar-refractivity contribution in [2.75, 3.05) is 0 Å². The lowest BCUT2D eigenvalue weighted by atomic mass is 10.1. The molecular weight excluding hydrogens is 272 g/mol. The van der Waals surface area contributed by atoms with E-state index in [-0.39, 0.29) is 11.6 Å². The van der Waals surface area contributed by atoms with Gasteiger partial charge in [-0.1, -0.05) is 24.3 Å². The number of hydrogen-bond donors (Lipinski definition) is 0. The van der Waals surface area contributed by atoms with E-state index in [9.17, 15) is 17.6 Å². The van der Waals surface area contributed by atoms with Gasteiger partial charge in [0.1, 0.15) is 5.83 Å². The molecule has 0 saturated heterocycles. The van der Waals surface area contributed by atoms with E-state index in [2.05, 4.69) is 9.97 Å². The summed E-state index contributed by atoms with van der Waals surface area (Å²) in [6.45, 7) is 1.84. The second kappa shape index (κ2) is 5.40. The van der Waals surface area contributed by atoms with Gasteiger partial charge < -0.3 is 0 Å². The topological polar surface area (TPSA) is 25.8 Å². The first-order valence-corrected chi connectivity index (χ1v) is 5.70. The zero-order chi connectivity index (χ0) is 14.8. The molecule has 0 radical (unpaired) electrons. The number of aryl methyl sites for hydroxylation is 1. The summed E-state index contributed by atoms with van der Waals surface area (Å²) in [4.78, 5) is 8.17. The number of benzene rings is 1. The van der Waals surface area contributed by atoms with Crippen LogP contribution in [0.25, 0.3) is 17.2 Å². The molecule has 6 heteroatoms. The van der Waals surface area contributed by atoms with E-state index >= 15 is 0 Å². The van der Waals surface area contributed by atoms with Crippen molar-refractivity contribution >= 4 is 5.83 Å². The molecule has 1 heterocycles. The highest BCUT2D eigenvalue weighted by Gasteiger charge is 2.25. The maximum absolute atomic E-state index is 13.3. The Bertz CT molecular complexity index is 613. The van der Waals surface area contributed by atoms with Crippen LogP contribution in [0, 0.1) is 6.92 Å². The van der Waals surface area contributed by atoms with E-state index in [4.69, 9.17) is 0 Å². The summed E-state index contributed by atoms with van der Waals surface area (Å²) in [6.07, 6.45) is -1.80. The molecule has 2 rings (SSSR count). The van der Waals surface area contributed by atoms with Crippen molar-refractivity contribution in [1.82, 2.24) is 9.97 Å². The fourth-order valence-corrected chi connectivity index (χ4v) is 1.55. The minimum absolute atomic E-state index is 0.141. The predicted molar refractivity (Wildman–Crippen MR) is 67.3 cm³/mol. The van der Waals surface area contributed by atoms with E-state index in [0.29, 0.717) is 11.4 Å². The molecule has 1 aromatic heterocycles. The average Bonchev–Trinajstić information content (AvgIpc) is 2.38. The second-order valence-corrected chi connectivity index (χ2v) is 4.20. The molecule has 2 aromatic rings. The summed E-state index contributed by atoms with van der Waals surface area (Å²) in [5.41, 5.74) is 1.36. The Morgan fingerprint density at radius 1 is 1.05 bits per heavy atom. The van der Waals surface area contributed by atoms with Crippen LogP contribution in [0.15, 0.2) is 42.7 Å². The van der Waals surface area contributed by atoms with E-state index in [0.717, 1.165) is 5.56 Å². The molecule has 0 fully saturated rings. The van der Waals surface area contributed by atoms with Crippen molar-refractivity contribution in [3.63, 3.8) is 0 Å². The standard InChI is InChI=1S/C14H10F4N2/c1-9-7-19-13(20-8-9)11-4-2-10(3-5-11)12(15)6-14(16,17)18/h2-8H,1H3/b12-6-. The van der Waals surface area contributed by atoms with Crippen molar-refractivity contribution < 1.29 is 17.6 Å². The first-order valence-electron chi connectivity index (χ1n) is 5.70. The highest BCUT2D eigenvalue weighted by Crippen LogP contribution is 2.26. The van der Waals surface area contributed by atoms with Gasteiger partial charge >= 0.3 is 6.18 Å².